The zero-order valence-electron chi connectivity index (χ0n) is 10.3. The minimum Gasteiger partial charge on any atom is -0.453 e. The maximum atomic E-state index is 11.9. The van der Waals surface area contributed by atoms with Crippen LogP contribution in [0.4, 0.5) is 0 Å². The van der Waals surface area contributed by atoms with Gasteiger partial charge >= 0.3 is 0 Å². The predicted octanol–water partition coefficient (Wildman–Crippen LogP) is 2.98. The lowest BCUT2D eigenvalue weighted by atomic mass is 10.2. The molecule has 2 aromatic rings. The average molecular weight is 264 g/mol. The Labute approximate surface area is 110 Å². The first-order valence-corrected chi connectivity index (χ1v) is 7.06. The number of thioether (sulfide) groups is 1. The van der Waals surface area contributed by atoms with Crippen LogP contribution in [0.25, 0.3) is 11.0 Å². The van der Waals surface area contributed by atoms with Crippen LogP contribution in [-0.4, -0.2) is 29.0 Å². The highest BCUT2D eigenvalue weighted by Gasteiger charge is 2.12. The van der Waals surface area contributed by atoms with E-state index in [-0.39, 0.29) is 18.3 Å². The fourth-order valence-corrected chi connectivity index (χ4v) is 2.55. The number of hydrogen-bond donors (Lipinski definition) is 1. The number of hydrogen-bond acceptors (Lipinski definition) is 4. The number of Topliss-reactive ketones (excluding diaryl/α,β-unsaturated/α-hetero) is 1. The standard InChI is InChI=1S/C14H16O3S/c1-10(7-15)8-18-9-12(16)14-6-11-4-2-3-5-13(11)17-14/h2-6,10,15H,7-9H2,1H3. The van der Waals surface area contributed by atoms with Gasteiger partial charge in [-0.3, -0.25) is 4.79 Å². The lowest BCUT2D eigenvalue weighted by Gasteiger charge is -2.05. The largest absolute Gasteiger partial charge is 0.453 e. The molecule has 1 aromatic carbocycles. The molecule has 0 amide bonds. The van der Waals surface area contributed by atoms with Crippen LogP contribution in [0.5, 0.6) is 0 Å². The van der Waals surface area contributed by atoms with Gasteiger partial charge in [-0.15, -0.1) is 0 Å². The topological polar surface area (TPSA) is 50.4 Å². The first-order chi connectivity index (χ1) is 8.70. The summed E-state index contributed by atoms with van der Waals surface area (Å²) in [5.74, 6) is 1.81. The molecule has 1 unspecified atom stereocenters. The summed E-state index contributed by atoms with van der Waals surface area (Å²) in [5, 5.41) is 9.85. The van der Waals surface area contributed by atoms with Crippen molar-refractivity contribution in [3.8, 4) is 0 Å². The van der Waals surface area contributed by atoms with Crippen LogP contribution in [0.2, 0.25) is 0 Å². The van der Waals surface area contributed by atoms with Gasteiger partial charge in [0, 0.05) is 12.0 Å². The zero-order valence-corrected chi connectivity index (χ0v) is 11.1. The number of rotatable bonds is 6. The second-order valence-electron chi connectivity index (χ2n) is 4.37. The number of para-hydroxylation sites is 1. The molecule has 0 aliphatic rings. The summed E-state index contributed by atoms with van der Waals surface area (Å²) in [7, 11) is 0. The lowest BCUT2D eigenvalue weighted by molar-refractivity contribution is 0.0994. The van der Waals surface area contributed by atoms with Crippen molar-refractivity contribution in [1.82, 2.24) is 0 Å². The van der Waals surface area contributed by atoms with E-state index in [0.717, 1.165) is 16.7 Å². The molecule has 2 rings (SSSR count). The van der Waals surface area contributed by atoms with Crippen LogP contribution in [-0.2, 0) is 0 Å². The molecule has 4 heteroatoms. The number of carbonyl (C=O) groups excluding carboxylic acids is 1. The normalized spacial score (nSPS) is 12.8. The van der Waals surface area contributed by atoms with Gasteiger partial charge in [-0.2, -0.15) is 11.8 Å². The summed E-state index contributed by atoms with van der Waals surface area (Å²) < 4.78 is 5.50. The molecule has 3 nitrogen and oxygen atoms in total. The van der Waals surface area contributed by atoms with E-state index in [1.807, 2.05) is 31.2 Å². The van der Waals surface area contributed by atoms with Crippen LogP contribution < -0.4 is 0 Å². The number of benzene rings is 1. The molecule has 0 bridgehead atoms. The molecule has 18 heavy (non-hydrogen) atoms. The highest BCUT2D eigenvalue weighted by Crippen LogP contribution is 2.20. The lowest BCUT2D eigenvalue weighted by Crippen LogP contribution is -2.07. The van der Waals surface area contributed by atoms with Gasteiger partial charge < -0.3 is 9.52 Å². The molecule has 0 spiro atoms. The quantitative estimate of drug-likeness (QED) is 0.815. The van der Waals surface area contributed by atoms with E-state index < -0.39 is 0 Å². The van der Waals surface area contributed by atoms with E-state index >= 15 is 0 Å². The Morgan fingerprint density at radius 1 is 1.44 bits per heavy atom. The van der Waals surface area contributed by atoms with Crippen molar-refractivity contribution < 1.29 is 14.3 Å². The first kappa shape index (κ1) is 13.2. The second kappa shape index (κ2) is 6.07. The molecule has 1 N–H and O–H groups in total. The van der Waals surface area contributed by atoms with Crippen molar-refractivity contribution in [2.24, 2.45) is 5.92 Å². The van der Waals surface area contributed by atoms with E-state index in [4.69, 9.17) is 9.52 Å². The van der Waals surface area contributed by atoms with E-state index in [9.17, 15) is 4.79 Å². The fourth-order valence-electron chi connectivity index (χ4n) is 1.60. The van der Waals surface area contributed by atoms with Gasteiger partial charge in [-0.05, 0) is 23.8 Å². The molecule has 0 fully saturated rings. The highest BCUT2D eigenvalue weighted by atomic mass is 32.2. The highest BCUT2D eigenvalue weighted by molar-refractivity contribution is 7.99. The summed E-state index contributed by atoms with van der Waals surface area (Å²) in [5.41, 5.74) is 0.745. The molecule has 0 saturated heterocycles. The summed E-state index contributed by atoms with van der Waals surface area (Å²) in [6.07, 6.45) is 0. The molecule has 0 aliphatic heterocycles. The number of furan rings is 1. The maximum absolute atomic E-state index is 11.9. The van der Waals surface area contributed by atoms with E-state index in [1.165, 1.54) is 11.8 Å². The summed E-state index contributed by atoms with van der Waals surface area (Å²) in [4.78, 5) is 11.9. The van der Waals surface area contributed by atoms with Crippen molar-refractivity contribution in [3.05, 3.63) is 36.1 Å². The molecule has 96 valence electrons. The molecular formula is C14H16O3S. The third-order valence-corrected chi connectivity index (χ3v) is 3.92. The molecule has 0 saturated carbocycles. The van der Waals surface area contributed by atoms with Gasteiger partial charge in [0.15, 0.2) is 5.76 Å². The zero-order chi connectivity index (χ0) is 13.0. The molecule has 1 heterocycles. The molecular weight excluding hydrogens is 248 g/mol. The Bertz CT molecular complexity index is 500. The van der Waals surface area contributed by atoms with Crippen molar-refractivity contribution >= 4 is 28.5 Å². The number of carbonyl (C=O) groups is 1. The Balaban J connectivity index is 1.96. The van der Waals surface area contributed by atoms with Gasteiger partial charge in [-0.25, -0.2) is 0 Å². The van der Waals surface area contributed by atoms with Crippen molar-refractivity contribution in [3.63, 3.8) is 0 Å². The van der Waals surface area contributed by atoms with E-state index in [2.05, 4.69) is 0 Å². The number of fused-ring (bicyclic) bond motifs is 1. The minimum atomic E-state index is 0.00124. The monoisotopic (exact) mass is 264 g/mol. The minimum absolute atomic E-state index is 0.00124. The number of aliphatic hydroxyl groups excluding tert-OH is 1. The average Bonchev–Trinajstić information content (AvgIpc) is 2.82. The van der Waals surface area contributed by atoms with Gasteiger partial charge in [0.2, 0.25) is 5.78 Å². The number of ketones is 1. The van der Waals surface area contributed by atoms with Gasteiger partial charge in [0.1, 0.15) is 5.58 Å². The van der Waals surface area contributed by atoms with Crippen molar-refractivity contribution in [2.75, 3.05) is 18.1 Å². The van der Waals surface area contributed by atoms with Crippen LogP contribution in [0.3, 0.4) is 0 Å². The van der Waals surface area contributed by atoms with Gasteiger partial charge in [-0.1, -0.05) is 25.1 Å². The predicted molar refractivity (Wildman–Crippen MR) is 74.1 cm³/mol. The van der Waals surface area contributed by atoms with Crippen LogP contribution >= 0.6 is 11.8 Å². The third kappa shape index (κ3) is 3.15. The SMILES string of the molecule is CC(CO)CSCC(=O)c1cc2ccccc2o1. The Hall–Kier alpha value is -1.26. The Morgan fingerprint density at radius 2 is 2.22 bits per heavy atom. The Morgan fingerprint density at radius 3 is 2.94 bits per heavy atom. The summed E-state index contributed by atoms with van der Waals surface area (Å²) in [6.45, 7) is 2.12. The van der Waals surface area contributed by atoms with Crippen LogP contribution in [0.1, 0.15) is 17.5 Å². The van der Waals surface area contributed by atoms with Crippen LogP contribution in [0.15, 0.2) is 34.7 Å². The maximum Gasteiger partial charge on any atom is 0.207 e. The fraction of sp³-hybridized carbons (Fsp3) is 0.357. The molecule has 0 radical (unpaired) electrons. The number of aliphatic hydroxyl groups is 1. The molecule has 0 aliphatic carbocycles. The van der Waals surface area contributed by atoms with Gasteiger partial charge in [0.05, 0.1) is 5.75 Å². The van der Waals surface area contributed by atoms with Crippen molar-refractivity contribution in [2.45, 2.75) is 6.92 Å². The van der Waals surface area contributed by atoms with Gasteiger partial charge in [0.25, 0.3) is 0 Å². The summed E-state index contributed by atoms with van der Waals surface area (Å²) >= 11 is 1.53. The Kier molecular flexibility index (Phi) is 4.44. The van der Waals surface area contributed by atoms with Crippen molar-refractivity contribution in [1.29, 1.82) is 0 Å². The first-order valence-electron chi connectivity index (χ1n) is 5.91. The molecule has 1 aromatic heterocycles. The summed E-state index contributed by atoms with van der Waals surface area (Å²) in [6, 6.07) is 9.37. The second-order valence-corrected chi connectivity index (χ2v) is 5.40. The molecule has 1 atom stereocenters. The van der Waals surface area contributed by atoms with Crippen LogP contribution in [0, 0.1) is 5.92 Å². The smallest absolute Gasteiger partial charge is 0.207 e. The van der Waals surface area contributed by atoms with E-state index in [1.54, 1.807) is 6.07 Å². The van der Waals surface area contributed by atoms with E-state index in [0.29, 0.717) is 11.5 Å². The third-order valence-electron chi connectivity index (χ3n) is 2.65.